The van der Waals surface area contributed by atoms with Crippen LogP contribution in [0, 0.1) is 12.3 Å². The average molecular weight is 248 g/mol. The van der Waals surface area contributed by atoms with Gasteiger partial charge in [0, 0.05) is 24.0 Å². The fourth-order valence-electron chi connectivity index (χ4n) is 2.76. The molecule has 1 aliphatic rings. The largest absolute Gasteiger partial charge is 0.299 e. The Morgan fingerprint density at radius 3 is 2.50 bits per heavy atom. The molecule has 0 N–H and O–H groups in total. The second-order valence-corrected chi connectivity index (χ2v) is 6.74. The van der Waals surface area contributed by atoms with Crippen LogP contribution in [-0.2, 0) is 10.3 Å². The molecule has 1 saturated carbocycles. The fourth-order valence-corrected chi connectivity index (χ4v) is 2.76. The molecule has 1 heterocycles. The summed E-state index contributed by atoms with van der Waals surface area (Å²) in [5.74, 6) is 0.754. The van der Waals surface area contributed by atoms with Crippen LogP contribution in [0.1, 0.15) is 64.6 Å². The Hall–Kier alpha value is -1.12. The molecule has 0 aromatic carbocycles. The van der Waals surface area contributed by atoms with E-state index in [0.29, 0.717) is 18.1 Å². The topological polar surface area (TPSA) is 34.9 Å². The Labute approximate surface area is 110 Å². The van der Waals surface area contributed by atoms with Crippen molar-refractivity contribution in [2.75, 3.05) is 0 Å². The molecular formula is C15H24N2O. The highest BCUT2D eigenvalue weighted by atomic mass is 16.1. The number of hydrogen-bond donors (Lipinski definition) is 0. The summed E-state index contributed by atoms with van der Waals surface area (Å²) in [5, 5.41) is 4.62. The summed E-state index contributed by atoms with van der Waals surface area (Å²) in [6.07, 6.45) is 3.73. The lowest BCUT2D eigenvalue weighted by Gasteiger charge is -2.44. The van der Waals surface area contributed by atoms with E-state index in [-0.39, 0.29) is 11.0 Å². The van der Waals surface area contributed by atoms with Crippen molar-refractivity contribution in [3.05, 3.63) is 17.5 Å². The summed E-state index contributed by atoms with van der Waals surface area (Å²) in [7, 11) is 0. The Bertz CT molecular complexity index is 481. The van der Waals surface area contributed by atoms with Crippen LogP contribution in [0.5, 0.6) is 0 Å². The minimum atomic E-state index is -0.170. The monoisotopic (exact) mass is 248 g/mol. The zero-order chi connectivity index (χ0) is 13.7. The van der Waals surface area contributed by atoms with Crippen LogP contribution in [0.25, 0.3) is 0 Å². The number of aromatic nitrogens is 2. The standard InChI is InChI=1S/C15H24N2O/c1-7-15(6)12(8-13(15)18)11-9-17(14(3,4)5)16-10(11)2/h9,12H,7-8H2,1-6H3. The van der Waals surface area contributed by atoms with Crippen LogP contribution in [0.4, 0.5) is 0 Å². The van der Waals surface area contributed by atoms with Gasteiger partial charge in [-0.05, 0) is 39.7 Å². The van der Waals surface area contributed by atoms with Gasteiger partial charge in [-0.1, -0.05) is 13.8 Å². The average Bonchev–Trinajstić information content (AvgIpc) is 2.66. The summed E-state index contributed by atoms with van der Waals surface area (Å²) in [4.78, 5) is 11.9. The van der Waals surface area contributed by atoms with Gasteiger partial charge in [-0.2, -0.15) is 5.10 Å². The first-order chi connectivity index (χ1) is 8.20. The molecule has 0 amide bonds. The summed E-state index contributed by atoms with van der Waals surface area (Å²) < 4.78 is 2.02. The first kappa shape index (κ1) is 13.3. The van der Waals surface area contributed by atoms with Crippen LogP contribution in [-0.4, -0.2) is 15.6 Å². The molecule has 3 heteroatoms. The summed E-state index contributed by atoms with van der Waals surface area (Å²) >= 11 is 0. The fraction of sp³-hybridized carbons (Fsp3) is 0.733. The van der Waals surface area contributed by atoms with E-state index in [1.807, 2.05) is 4.68 Å². The van der Waals surface area contributed by atoms with E-state index in [4.69, 9.17) is 0 Å². The van der Waals surface area contributed by atoms with E-state index in [2.05, 4.69) is 52.8 Å². The predicted octanol–water partition coefficient (Wildman–Crippen LogP) is 3.42. The van der Waals surface area contributed by atoms with Gasteiger partial charge >= 0.3 is 0 Å². The maximum absolute atomic E-state index is 11.9. The number of Topliss-reactive ketones (excluding diaryl/α,β-unsaturated/α-hetero) is 1. The van der Waals surface area contributed by atoms with Crippen molar-refractivity contribution in [1.82, 2.24) is 9.78 Å². The zero-order valence-corrected chi connectivity index (χ0v) is 12.4. The van der Waals surface area contributed by atoms with Crippen LogP contribution in [0.15, 0.2) is 6.20 Å². The van der Waals surface area contributed by atoms with Crippen LogP contribution < -0.4 is 0 Å². The highest BCUT2D eigenvalue weighted by molar-refractivity contribution is 5.93. The molecule has 1 aliphatic carbocycles. The van der Waals surface area contributed by atoms with Gasteiger partial charge in [-0.15, -0.1) is 0 Å². The smallest absolute Gasteiger partial charge is 0.140 e. The quantitative estimate of drug-likeness (QED) is 0.803. The molecule has 18 heavy (non-hydrogen) atoms. The van der Waals surface area contributed by atoms with E-state index in [1.54, 1.807) is 0 Å². The van der Waals surface area contributed by atoms with Gasteiger partial charge in [-0.25, -0.2) is 0 Å². The third-order valence-corrected chi connectivity index (χ3v) is 4.53. The first-order valence-electron chi connectivity index (χ1n) is 6.80. The highest BCUT2D eigenvalue weighted by Gasteiger charge is 2.51. The van der Waals surface area contributed by atoms with Crippen molar-refractivity contribution in [3.63, 3.8) is 0 Å². The van der Waals surface area contributed by atoms with Crippen molar-refractivity contribution < 1.29 is 4.79 Å². The number of carbonyl (C=O) groups is 1. The van der Waals surface area contributed by atoms with Gasteiger partial charge in [0.05, 0.1) is 11.2 Å². The molecule has 0 spiro atoms. The maximum atomic E-state index is 11.9. The summed E-state index contributed by atoms with van der Waals surface area (Å²) in [6.45, 7) is 12.7. The molecule has 2 unspecified atom stereocenters. The molecule has 2 atom stereocenters. The zero-order valence-electron chi connectivity index (χ0n) is 12.4. The van der Waals surface area contributed by atoms with Crippen molar-refractivity contribution in [1.29, 1.82) is 0 Å². The molecule has 1 fully saturated rings. The lowest BCUT2D eigenvalue weighted by atomic mass is 9.56. The van der Waals surface area contributed by atoms with Crippen molar-refractivity contribution in [2.24, 2.45) is 5.41 Å². The molecular weight excluding hydrogens is 224 g/mol. The Morgan fingerprint density at radius 1 is 1.50 bits per heavy atom. The number of rotatable bonds is 2. The molecule has 2 rings (SSSR count). The van der Waals surface area contributed by atoms with Crippen molar-refractivity contribution >= 4 is 5.78 Å². The number of nitrogens with zero attached hydrogens (tertiary/aromatic N) is 2. The van der Waals surface area contributed by atoms with Crippen LogP contribution >= 0.6 is 0 Å². The second kappa shape index (κ2) is 3.94. The number of ketones is 1. The molecule has 1 aromatic heterocycles. The van der Waals surface area contributed by atoms with Crippen molar-refractivity contribution in [3.8, 4) is 0 Å². The van der Waals surface area contributed by atoms with Gasteiger partial charge in [-0.3, -0.25) is 9.48 Å². The molecule has 3 nitrogen and oxygen atoms in total. The number of carbonyl (C=O) groups excluding carboxylic acids is 1. The Kier molecular flexibility index (Phi) is 2.91. The SMILES string of the molecule is CCC1(C)C(=O)CC1c1cn(C(C)(C)C)nc1C. The Morgan fingerprint density at radius 2 is 2.11 bits per heavy atom. The van der Waals surface area contributed by atoms with E-state index in [1.165, 1.54) is 5.56 Å². The lowest BCUT2D eigenvalue weighted by molar-refractivity contribution is -0.139. The lowest BCUT2D eigenvalue weighted by Crippen LogP contribution is -2.45. The molecule has 0 saturated heterocycles. The molecule has 0 radical (unpaired) electrons. The minimum absolute atomic E-state index is 0.000613. The van der Waals surface area contributed by atoms with Gasteiger partial charge in [0.25, 0.3) is 0 Å². The summed E-state index contributed by atoms with van der Waals surface area (Å²) in [6, 6.07) is 0. The number of aryl methyl sites for hydroxylation is 1. The normalized spacial score (nSPS) is 28.3. The number of hydrogen-bond acceptors (Lipinski definition) is 2. The van der Waals surface area contributed by atoms with Gasteiger partial charge in [0.2, 0.25) is 0 Å². The van der Waals surface area contributed by atoms with Gasteiger partial charge in [0.1, 0.15) is 5.78 Å². The minimum Gasteiger partial charge on any atom is -0.299 e. The molecule has 1 aromatic rings. The molecule has 100 valence electrons. The Balaban J connectivity index is 2.36. The predicted molar refractivity (Wildman–Crippen MR) is 72.7 cm³/mol. The van der Waals surface area contributed by atoms with Crippen LogP contribution in [0.2, 0.25) is 0 Å². The maximum Gasteiger partial charge on any atom is 0.140 e. The first-order valence-corrected chi connectivity index (χ1v) is 6.80. The molecule has 0 aliphatic heterocycles. The third kappa shape index (κ3) is 1.80. The van der Waals surface area contributed by atoms with Gasteiger partial charge in [0.15, 0.2) is 0 Å². The van der Waals surface area contributed by atoms with Gasteiger partial charge < -0.3 is 0 Å². The highest BCUT2D eigenvalue weighted by Crippen LogP contribution is 2.52. The summed E-state index contributed by atoms with van der Waals surface area (Å²) in [5.41, 5.74) is 2.16. The van der Waals surface area contributed by atoms with E-state index in [0.717, 1.165) is 12.1 Å². The second-order valence-electron chi connectivity index (χ2n) is 6.74. The van der Waals surface area contributed by atoms with E-state index in [9.17, 15) is 4.79 Å². The van der Waals surface area contributed by atoms with E-state index < -0.39 is 0 Å². The third-order valence-electron chi connectivity index (χ3n) is 4.53. The molecule has 0 bridgehead atoms. The van der Waals surface area contributed by atoms with Crippen LogP contribution in [0.3, 0.4) is 0 Å². The van der Waals surface area contributed by atoms with Crippen molar-refractivity contribution in [2.45, 2.75) is 65.8 Å². The van der Waals surface area contributed by atoms with E-state index >= 15 is 0 Å².